The number of ether oxygens (including phenoxy) is 1. The number of piperidine rings is 1. The Balaban J connectivity index is 0.00000147. The van der Waals surface area contributed by atoms with Crippen LogP contribution in [0.3, 0.4) is 0 Å². The van der Waals surface area contributed by atoms with Crippen LogP contribution in [0, 0.1) is 5.82 Å². The van der Waals surface area contributed by atoms with Crippen LogP contribution in [0.25, 0.3) is 0 Å². The maximum absolute atomic E-state index is 13.0. The van der Waals surface area contributed by atoms with Crippen LogP contribution in [0.2, 0.25) is 0 Å². The summed E-state index contributed by atoms with van der Waals surface area (Å²) in [6.07, 6.45) is 1.24. The third kappa shape index (κ3) is 2.74. The van der Waals surface area contributed by atoms with E-state index in [1.54, 1.807) is 12.1 Å². The van der Waals surface area contributed by atoms with Crippen molar-refractivity contribution >= 4 is 18.5 Å². The van der Waals surface area contributed by atoms with Crippen molar-refractivity contribution in [3.05, 3.63) is 35.6 Å². The van der Waals surface area contributed by atoms with Crippen molar-refractivity contribution < 1.29 is 13.9 Å². The van der Waals surface area contributed by atoms with E-state index >= 15 is 0 Å². The van der Waals surface area contributed by atoms with Crippen LogP contribution >= 0.6 is 12.4 Å². The molecular weight excluding hydrogens is 283 g/mol. The lowest BCUT2D eigenvalue weighted by Crippen LogP contribution is -2.57. The molecule has 0 saturated carbocycles. The first kappa shape index (κ1) is 15.1. The minimum absolute atomic E-state index is 0. The first-order valence-electron chi connectivity index (χ1n) is 6.63. The molecule has 2 heterocycles. The second-order valence-electron chi connectivity index (χ2n) is 5.19. The fourth-order valence-electron chi connectivity index (χ4n) is 3.08. The van der Waals surface area contributed by atoms with Gasteiger partial charge in [-0.2, -0.15) is 0 Å². The van der Waals surface area contributed by atoms with Crippen LogP contribution in [-0.4, -0.2) is 31.3 Å². The van der Waals surface area contributed by atoms with Crippen LogP contribution in [0.15, 0.2) is 24.3 Å². The summed E-state index contributed by atoms with van der Waals surface area (Å²) in [5.74, 6) is -0.170. The highest BCUT2D eigenvalue weighted by atomic mass is 35.5. The third-order valence-corrected chi connectivity index (χ3v) is 4.10. The van der Waals surface area contributed by atoms with Gasteiger partial charge < -0.3 is 15.4 Å². The zero-order valence-electron chi connectivity index (χ0n) is 11.0. The number of rotatable bonds is 1. The number of hydrogen-bond acceptors (Lipinski definition) is 3. The SMILES string of the molecule is Cl.O=C1NC[C@H](c2ccc(F)cc2)C2(CCNCC2)O1. The summed E-state index contributed by atoms with van der Waals surface area (Å²) in [5.41, 5.74) is 0.564. The summed E-state index contributed by atoms with van der Waals surface area (Å²) in [7, 11) is 0. The highest BCUT2D eigenvalue weighted by Crippen LogP contribution is 2.40. The van der Waals surface area contributed by atoms with Gasteiger partial charge in [0.1, 0.15) is 11.4 Å². The third-order valence-electron chi connectivity index (χ3n) is 4.10. The molecule has 2 N–H and O–H groups in total. The molecule has 0 bridgehead atoms. The standard InChI is InChI=1S/C14H17FN2O2.ClH/c15-11-3-1-10(2-4-11)12-9-17-13(18)19-14(12)5-7-16-8-6-14;/h1-4,12,16H,5-9H2,(H,17,18);1H/t12-;/m1./s1. The predicted octanol–water partition coefficient (Wildman–Crippen LogP) is 2.19. The summed E-state index contributed by atoms with van der Waals surface area (Å²) >= 11 is 0. The molecular formula is C14H18ClFN2O2. The van der Waals surface area contributed by atoms with Gasteiger partial charge in [0.25, 0.3) is 0 Å². The van der Waals surface area contributed by atoms with Gasteiger partial charge in [-0.1, -0.05) is 12.1 Å². The lowest BCUT2D eigenvalue weighted by atomic mass is 9.75. The molecule has 1 aromatic carbocycles. The molecule has 2 aliphatic heterocycles. The van der Waals surface area contributed by atoms with Gasteiger partial charge in [-0.05, 0) is 30.8 Å². The van der Waals surface area contributed by atoms with Gasteiger partial charge in [-0.15, -0.1) is 12.4 Å². The first-order chi connectivity index (χ1) is 9.20. The Bertz CT molecular complexity index is 475. The van der Waals surface area contributed by atoms with Crippen LogP contribution < -0.4 is 10.6 Å². The molecule has 0 radical (unpaired) electrons. The molecule has 3 rings (SSSR count). The van der Waals surface area contributed by atoms with E-state index in [1.807, 2.05) is 0 Å². The van der Waals surface area contributed by atoms with Crippen molar-refractivity contribution in [1.82, 2.24) is 10.6 Å². The molecule has 0 unspecified atom stereocenters. The molecule has 1 atom stereocenters. The van der Waals surface area contributed by atoms with Crippen molar-refractivity contribution in [2.24, 2.45) is 0 Å². The molecule has 1 amide bonds. The summed E-state index contributed by atoms with van der Waals surface area (Å²) < 4.78 is 18.7. The van der Waals surface area contributed by atoms with E-state index in [9.17, 15) is 9.18 Å². The van der Waals surface area contributed by atoms with Crippen molar-refractivity contribution in [1.29, 1.82) is 0 Å². The maximum Gasteiger partial charge on any atom is 0.407 e. The van der Waals surface area contributed by atoms with Crippen molar-refractivity contribution in [3.8, 4) is 0 Å². The Kier molecular flexibility index (Phi) is 4.50. The maximum atomic E-state index is 13.0. The second kappa shape index (κ2) is 5.97. The summed E-state index contributed by atoms with van der Waals surface area (Å²) in [6.45, 7) is 2.22. The molecule has 2 aliphatic rings. The lowest BCUT2D eigenvalue weighted by Gasteiger charge is -2.46. The lowest BCUT2D eigenvalue weighted by molar-refractivity contribution is -0.0494. The largest absolute Gasteiger partial charge is 0.442 e. The normalized spacial score (nSPS) is 24.4. The van der Waals surface area contributed by atoms with Crippen LogP contribution in [0.5, 0.6) is 0 Å². The monoisotopic (exact) mass is 300 g/mol. The average molecular weight is 301 g/mol. The van der Waals surface area contributed by atoms with Crippen molar-refractivity contribution in [2.45, 2.75) is 24.4 Å². The van der Waals surface area contributed by atoms with Crippen molar-refractivity contribution in [3.63, 3.8) is 0 Å². The number of halogens is 2. The van der Waals surface area contributed by atoms with Gasteiger partial charge in [-0.25, -0.2) is 9.18 Å². The Morgan fingerprint density at radius 1 is 1.20 bits per heavy atom. The summed E-state index contributed by atoms with van der Waals surface area (Å²) in [4.78, 5) is 11.6. The number of alkyl carbamates (subject to hydrolysis) is 1. The highest BCUT2D eigenvalue weighted by molar-refractivity contribution is 5.85. The Morgan fingerprint density at radius 3 is 2.50 bits per heavy atom. The molecule has 110 valence electrons. The molecule has 1 spiro atoms. The Morgan fingerprint density at radius 2 is 1.85 bits per heavy atom. The van der Waals surface area contributed by atoms with Crippen molar-refractivity contribution in [2.75, 3.05) is 19.6 Å². The first-order valence-corrected chi connectivity index (χ1v) is 6.63. The van der Waals surface area contributed by atoms with E-state index in [0.29, 0.717) is 6.54 Å². The quantitative estimate of drug-likeness (QED) is 0.836. The minimum atomic E-state index is -0.453. The molecule has 1 aromatic rings. The number of amides is 1. The van der Waals surface area contributed by atoms with Gasteiger partial charge in [-0.3, -0.25) is 0 Å². The van der Waals surface area contributed by atoms with Crippen LogP contribution in [0.4, 0.5) is 9.18 Å². The van der Waals surface area contributed by atoms with E-state index in [0.717, 1.165) is 31.5 Å². The van der Waals surface area contributed by atoms with Gasteiger partial charge in [0.2, 0.25) is 0 Å². The fraction of sp³-hybridized carbons (Fsp3) is 0.500. The van der Waals surface area contributed by atoms with E-state index in [2.05, 4.69) is 10.6 Å². The highest BCUT2D eigenvalue weighted by Gasteiger charge is 2.47. The molecule has 2 saturated heterocycles. The Labute approximate surface area is 123 Å². The van der Waals surface area contributed by atoms with Crippen LogP contribution in [-0.2, 0) is 4.74 Å². The van der Waals surface area contributed by atoms with Gasteiger partial charge >= 0.3 is 6.09 Å². The molecule has 20 heavy (non-hydrogen) atoms. The molecule has 2 fully saturated rings. The Hall–Kier alpha value is -1.33. The molecule has 0 aliphatic carbocycles. The van der Waals surface area contributed by atoms with E-state index in [1.165, 1.54) is 12.1 Å². The average Bonchev–Trinajstić information content (AvgIpc) is 2.41. The second-order valence-corrected chi connectivity index (χ2v) is 5.19. The number of nitrogens with one attached hydrogen (secondary N) is 2. The zero-order chi connectivity index (χ0) is 13.3. The number of carbonyl (C=O) groups excluding carboxylic acids is 1. The minimum Gasteiger partial charge on any atom is -0.442 e. The zero-order valence-corrected chi connectivity index (χ0v) is 11.8. The van der Waals surface area contributed by atoms with Gasteiger partial charge in [0.05, 0.1) is 0 Å². The van der Waals surface area contributed by atoms with Crippen LogP contribution in [0.1, 0.15) is 24.3 Å². The number of benzene rings is 1. The summed E-state index contributed by atoms with van der Waals surface area (Å²) in [5, 5.41) is 6.02. The summed E-state index contributed by atoms with van der Waals surface area (Å²) in [6, 6.07) is 6.48. The molecule has 4 nitrogen and oxygen atoms in total. The number of carbonyl (C=O) groups is 1. The molecule has 6 heteroatoms. The predicted molar refractivity (Wildman–Crippen MR) is 75.7 cm³/mol. The van der Waals surface area contributed by atoms with E-state index in [-0.39, 0.29) is 30.2 Å². The topological polar surface area (TPSA) is 50.4 Å². The van der Waals surface area contributed by atoms with Gasteiger partial charge in [0.15, 0.2) is 0 Å². The van der Waals surface area contributed by atoms with E-state index < -0.39 is 5.60 Å². The molecule has 0 aromatic heterocycles. The van der Waals surface area contributed by atoms with E-state index in [4.69, 9.17) is 4.74 Å². The fourth-order valence-corrected chi connectivity index (χ4v) is 3.08. The number of hydrogen-bond donors (Lipinski definition) is 2. The smallest absolute Gasteiger partial charge is 0.407 e. The van der Waals surface area contributed by atoms with Gasteiger partial charge in [0, 0.05) is 25.3 Å².